The first-order valence-corrected chi connectivity index (χ1v) is 12.8. The van der Waals surface area contributed by atoms with Crippen molar-refractivity contribution in [3.63, 3.8) is 0 Å². The highest BCUT2D eigenvalue weighted by atomic mass is 35.5. The van der Waals surface area contributed by atoms with Crippen LogP contribution in [0.2, 0.25) is 5.02 Å². The van der Waals surface area contributed by atoms with E-state index in [1.54, 1.807) is 42.5 Å². The van der Waals surface area contributed by atoms with Crippen molar-refractivity contribution in [2.75, 3.05) is 10.8 Å². The molecule has 1 heterocycles. The monoisotopic (exact) mass is 498 g/mol. The van der Waals surface area contributed by atoms with E-state index in [9.17, 15) is 13.2 Å². The molecule has 0 saturated carbocycles. The summed E-state index contributed by atoms with van der Waals surface area (Å²) in [5, 5.41) is 3.51. The summed E-state index contributed by atoms with van der Waals surface area (Å²) in [6, 6.07) is 20.0. The smallest absolute Gasteiger partial charge is 0.264 e. The van der Waals surface area contributed by atoms with Crippen LogP contribution in [0.4, 0.5) is 5.69 Å². The average Bonchev–Trinajstić information content (AvgIpc) is 2.77. The van der Waals surface area contributed by atoms with Gasteiger partial charge >= 0.3 is 0 Å². The van der Waals surface area contributed by atoms with Crippen molar-refractivity contribution in [3.05, 3.63) is 88.9 Å². The van der Waals surface area contributed by atoms with Gasteiger partial charge in [-0.2, -0.15) is 0 Å². The molecule has 4 rings (SSSR count). The second kappa shape index (κ2) is 9.31. The summed E-state index contributed by atoms with van der Waals surface area (Å²) in [6.07, 6.45) is 0.557. The maximum absolute atomic E-state index is 13.5. The van der Waals surface area contributed by atoms with Crippen LogP contribution in [-0.2, 0) is 14.8 Å². The average molecular weight is 499 g/mol. The van der Waals surface area contributed by atoms with Crippen molar-refractivity contribution >= 4 is 33.2 Å². The van der Waals surface area contributed by atoms with Crippen LogP contribution in [0.1, 0.15) is 37.4 Å². The number of nitrogens with zero attached hydrogens (tertiary/aromatic N) is 1. The van der Waals surface area contributed by atoms with Gasteiger partial charge in [-0.25, -0.2) is 8.42 Å². The standard InChI is InChI=1S/C26H27ClN2O4S/c1-18-9-14-22-23(16-26(2,3)33-24(22)15-18)28-25(30)17-29(20-12-10-19(27)11-13-20)34(31,32)21-7-5-4-6-8-21/h4-15,23H,16-17H2,1-3H3,(H,28,30). The molecule has 1 aliphatic heterocycles. The molecule has 1 aliphatic rings. The van der Waals surface area contributed by atoms with Crippen LogP contribution in [0, 0.1) is 6.92 Å². The summed E-state index contributed by atoms with van der Waals surface area (Å²) in [5.74, 6) is 0.316. The van der Waals surface area contributed by atoms with Gasteiger partial charge in [0.1, 0.15) is 17.9 Å². The summed E-state index contributed by atoms with van der Waals surface area (Å²) in [5.41, 5.74) is 1.81. The molecule has 0 spiro atoms. The van der Waals surface area contributed by atoms with E-state index in [2.05, 4.69) is 5.32 Å². The van der Waals surface area contributed by atoms with E-state index in [0.717, 1.165) is 21.2 Å². The van der Waals surface area contributed by atoms with Gasteiger partial charge in [0.25, 0.3) is 10.0 Å². The molecule has 1 N–H and O–H groups in total. The predicted octanol–water partition coefficient (Wildman–Crippen LogP) is 5.26. The van der Waals surface area contributed by atoms with E-state index in [-0.39, 0.29) is 17.5 Å². The zero-order valence-corrected chi connectivity index (χ0v) is 20.9. The highest BCUT2D eigenvalue weighted by molar-refractivity contribution is 7.92. The molecule has 0 radical (unpaired) electrons. The lowest BCUT2D eigenvalue weighted by atomic mass is 9.89. The quantitative estimate of drug-likeness (QED) is 0.503. The van der Waals surface area contributed by atoms with Crippen LogP contribution in [-0.4, -0.2) is 26.5 Å². The number of sulfonamides is 1. The molecule has 0 fully saturated rings. The minimum Gasteiger partial charge on any atom is -0.487 e. The van der Waals surface area contributed by atoms with Crippen LogP contribution >= 0.6 is 11.6 Å². The van der Waals surface area contributed by atoms with E-state index in [0.29, 0.717) is 17.1 Å². The summed E-state index contributed by atoms with van der Waals surface area (Å²) in [7, 11) is -3.99. The molecule has 0 aliphatic carbocycles. The number of carbonyl (C=O) groups excluding carboxylic acids is 1. The highest BCUT2D eigenvalue weighted by Crippen LogP contribution is 2.40. The van der Waals surface area contributed by atoms with Gasteiger partial charge in [-0.15, -0.1) is 0 Å². The second-order valence-corrected chi connectivity index (χ2v) is 11.3. The Hall–Kier alpha value is -3.03. The van der Waals surface area contributed by atoms with Crippen molar-refractivity contribution in [1.82, 2.24) is 5.32 Å². The van der Waals surface area contributed by atoms with Gasteiger partial charge in [-0.05, 0) is 68.8 Å². The SMILES string of the molecule is Cc1ccc2c(c1)OC(C)(C)CC2NC(=O)CN(c1ccc(Cl)cc1)S(=O)(=O)c1ccccc1. The molecule has 0 bridgehead atoms. The Morgan fingerprint density at radius 2 is 1.76 bits per heavy atom. The molecule has 6 nitrogen and oxygen atoms in total. The van der Waals surface area contributed by atoms with Gasteiger partial charge < -0.3 is 10.1 Å². The molecule has 3 aromatic rings. The van der Waals surface area contributed by atoms with Crippen LogP contribution in [0.3, 0.4) is 0 Å². The normalized spacial score (nSPS) is 16.8. The maximum atomic E-state index is 13.5. The fourth-order valence-corrected chi connectivity index (χ4v) is 5.67. The Labute approximate surface area is 205 Å². The van der Waals surface area contributed by atoms with Crippen LogP contribution in [0.5, 0.6) is 5.75 Å². The lowest BCUT2D eigenvalue weighted by molar-refractivity contribution is -0.120. The van der Waals surface area contributed by atoms with Gasteiger partial charge in [0.2, 0.25) is 5.91 Å². The number of aryl methyl sites for hydroxylation is 1. The molecule has 34 heavy (non-hydrogen) atoms. The Morgan fingerprint density at radius 3 is 2.44 bits per heavy atom. The first-order chi connectivity index (χ1) is 16.0. The van der Waals surface area contributed by atoms with E-state index >= 15 is 0 Å². The topological polar surface area (TPSA) is 75.7 Å². The van der Waals surface area contributed by atoms with Crippen molar-refractivity contribution < 1.29 is 17.9 Å². The minimum atomic E-state index is -3.99. The van der Waals surface area contributed by atoms with E-state index in [1.165, 1.54) is 12.1 Å². The number of halogens is 1. The Kier molecular flexibility index (Phi) is 6.60. The van der Waals surface area contributed by atoms with Crippen molar-refractivity contribution in [2.24, 2.45) is 0 Å². The van der Waals surface area contributed by atoms with E-state index < -0.39 is 21.5 Å². The zero-order valence-electron chi connectivity index (χ0n) is 19.3. The van der Waals surface area contributed by atoms with Crippen molar-refractivity contribution in [2.45, 2.75) is 43.7 Å². The number of benzene rings is 3. The Balaban J connectivity index is 1.64. The third-order valence-corrected chi connectivity index (χ3v) is 7.73. The maximum Gasteiger partial charge on any atom is 0.264 e. The Morgan fingerprint density at radius 1 is 1.09 bits per heavy atom. The zero-order chi connectivity index (χ0) is 24.5. The van der Waals surface area contributed by atoms with Crippen molar-refractivity contribution in [3.8, 4) is 5.75 Å². The third-order valence-electron chi connectivity index (χ3n) is 5.69. The Bertz CT molecular complexity index is 1290. The molecular formula is C26H27ClN2O4S. The molecule has 0 saturated heterocycles. The van der Waals surface area contributed by atoms with Crippen LogP contribution in [0.25, 0.3) is 0 Å². The first kappa shape index (κ1) is 24.1. The lowest BCUT2D eigenvalue weighted by Gasteiger charge is -2.38. The number of rotatable bonds is 6. The van der Waals surface area contributed by atoms with E-state index in [4.69, 9.17) is 16.3 Å². The van der Waals surface area contributed by atoms with Gasteiger partial charge in [0.15, 0.2) is 0 Å². The van der Waals surface area contributed by atoms with Gasteiger partial charge in [-0.1, -0.05) is 41.9 Å². The second-order valence-electron chi connectivity index (χ2n) is 9.03. The summed E-state index contributed by atoms with van der Waals surface area (Å²) < 4.78 is 34.2. The fourth-order valence-electron chi connectivity index (χ4n) is 4.10. The molecule has 1 unspecified atom stereocenters. The number of fused-ring (bicyclic) bond motifs is 1. The third kappa shape index (κ3) is 5.21. The lowest BCUT2D eigenvalue weighted by Crippen LogP contribution is -2.45. The summed E-state index contributed by atoms with van der Waals surface area (Å²) in [4.78, 5) is 13.3. The molecule has 1 amide bonds. The number of ether oxygens (including phenoxy) is 1. The number of hydrogen-bond donors (Lipinski definition) is 1. The highest BCUT2D eigenvalue weighted by Gasteiger charge is 2.35. The first-order valence-electron chi connectivity index (χ1n) is 11.0. The van der Waals surface area contributed by atoms with Gasteiger partial charge in [-0.3, -0.25) is 9.10 Å². The van der Waals surface area contributed by atoms with Crippen LogP contribution < -0.4 is 14.4 Å². The number of nitrogens with one attached hydrogen (secondary N) is 1. The van der Waals surface area contributed by atoms with E-state index in [1.807, 2.05) is 39.0 Å². The largest absolute Gasteiger partial charge is 0.487 e. The molecule has 178 valence electrons. The fraction of sp³-hybridized carbons (Fsp3) is 0.269. The summed E-state index contributed by atoms with van der Waals surface area (Å²) >= 11 is 6.01. The number of anilines is 1. The number of amides is 1. The van der Waals surface area contributed by atoms with Crippen LogP contribution in [0.15, 0.2) is 77.7 Å². The minimum absolute atomic E-state index is 0.103. The molecule has 1 atom stereocenters. The predicted molar refractivity (Wildman–Crippen MR) is 134 cm³/mol. The van der Waals surface area contributed by atoms with Gasteiger partial charge in [0, 0.05) is 17.0 Å². The molecular weight excluding hydrogens is 472 g/mol. The number of hydrogen-bond acceptors (Lipinski definition) is 4. The van der Waals surface area contributed by atoms with Gasteiger partial charge in [0.05, 0.1) is 16.6 Å². The number of carbonyl (C=O) groups is 1. The van der Waals surface area contributed by atoms with Crippen molar-refractivity contribution in [1.29, 1.82) is 0 Å². The molecule has 0 aromatic heterocycles. The molecule has 3 aromatic carbocycles. The molecule has 8 heteroatoms. The summed E-state index contributed by atoms with van der Waals surface area (Å²) in [6.45, 7) is 5.55.